The summed E-state index contributed by atoms with van der Waals surface area (Å²) in [5.74, 6) is 0.725. The molecule has 0 spiro atoms. The van der Waals surface area contributed by atoms with E-state index in [1.165, 1.54) is 50.8 Å². The van der Waals surface area contributed by atoms with E-state index in [-0.39, 0.29) is 30.1 Å². The third-order valence-electron chi connectivity index (χ3n) is 5.74. The normalized spacial score (nSPS) is 36.8. The van der Waals surface area contributed by atoms with E-state index in [0.717, 1.165) is 16.8 Å². The van der Waals surface area contributed by atoms with E-state index < -0.39 is 0 Å². The van der Waals surface area contributed by atoms with Crippen molar-refractivity contribution < 1.29 is 33.6 Å². The van der Waals surface area contributed by atoms with Crippen LogP contribution in [0.1, 0.15) is 50.0 Å². The van der Waals surface area contributed by atoms with Crippen molar-refractivity contribution in [1.82, 2.24) is 0 Å². The van der Waals surface area contributed by atoms with Gasteiger partial charge in [-0.15, -0.1) is 0 Å². The molecule has 2 aliphatic rings. The molecule has 3 rings (SSSR count). The molecule has 0 amide bonds. The average molecular weight is 401 g/mol. The molecule has 0 aromatic heterocycles. The van der Waals surface area contributed by atoms with E-state index in [9.17, 15) is 5.11 Å². The van der Waals surface area contributed by atoms with Crippen molar-refractivity contribution in [1.29, 1.82) is 0 Å². The Bertz CT molecular complexity index is 428. The lowest BCUT2D eigenvalue weighted by atomic mass is 9.84. The maximum Gasteiger partial charge on any atom is 0.115 e. The molecule has 21 heavy (non-hydrogen) atoms. The smallest absolute Gasteiger partial charge is 0.115 e. The molecule has 2 atom stereocenters. The van der Waals surface area contributed by atoms with Crippen LogP contribution in [0.25, 0.3) is 0 Å². The Balaban J connectivity index is 0.00000161. The van der Waals surface area contributed by atoms with Gasteiger partial charge in [0.2, 0.25) is 0 Å². The monoisotopic (exact) mass is 401 g/mol. The molecule has 0 bridgehead atoms. The molecule has 0 unspecified atom stereocenters. The van der Waals surface area contributed by atoms with Crippen LogP contribution in [-0.4, -0.2) is 41.9 Å². The second-order valence-corrected chi connectivity index (χ2v) is 7.03. The molecular weight excluding hydrogens is 373 g/mol. The molecule has 1 aromatic rings. The lowest BCUT2D eigenvalue weighted by molar-refractivity contribution is -0.942. The number of aliphatic hydroxyl groups is 1. The van der Waals surface area contributed by atoms with Gasteiger partial charge in [0, 0.05) is 19.3 Å². The van der Waals surface area contributed by atoms with Gasteiger partial charge < -0.3 is 33.6 Å². The Kier molecular flexibility index (Phi) is 6.09. The number of halogens is 1. The van der Waals surface area contributed by atoms with Crippen LogP contribution in [0.2, 0.25) is 0 Å². The number of piperidine rings is 1. The van der Waals surface area contributed by atoms with Crippen LogP contribution in [0.4, 0.5) is 0 Å². The van der Waals surface area contributed by atoms with Crippen LogP contribution in [0.3, 0.4) is 0 Å². The number of quaternary nitrogens is 1. The van der Waals surface area contributed by atoms with E-state index in [1.807, 2.05) is 0 Å². The quantitative estimate of drug-likeness (QED) is 0.559. The molecule has 1 aromatic carbocycles. The minimum absolute atomic E-state index is 0. The van der Waals surface area contributed by atoms with Crippen molar-refractivity contribution in [3.8, 4) is 0 Å². The number of nitrogens with zero attached hydrogens (tertiary/aromatic N) is 1. The van der Waals surface area contributed by atoms with Crippen LogP contribution >= 0.6 is 0 Å². The van der Waals surface area contributed by atoms with Crippen LogP contribution in [-0.2, 0) is 0 Å². The van der Waals surface area contributed by atoms with Crippen molar-refractivity contribution in [2.45, 2.75) is 56.6 Å². The number of hydrogen-bond acceptors (Lipinski definition) is 1. The topological polar surface area (TPSA) is 20.2 Å². The third-order valence-corrected chi connectivity index (χ3v) is 5.74. The molecule has 1 aliphatic carbocycles. The van der Waals surface area contributed by atoms with E-state index in [2.05, 4.69) is 37.4 Å². The Hall–Kier alpha value is -0.130. The van der Waals surface area contributed by atoms with Crippen molar-refractivity contribution >= 4 is 0 Å². The molecule has 0 radical (unpaired) electrons. The Morgan fingerprint density at radius 3 is 2.19 bits per heavy atom. The first-order chi connectivity index (χ1) is 9.69. The Morgan fingerprint density at radius 2 is 1.57 bits per heavy atom. The molecule has 1 N–H and O–H groups in total. The number of likely N-dealkylation sites (N-methyl/N-ethyl adjacent to an activating group) is 1. The van der Waals surface area contributed by atoms with Crippen LogP contribution < -0.4 is 24.0 Å². The van der Waals surface area contributed by atoms with Crippen LogP contribution in [0.5, 0.6) is 0 Å². The highest BCUT2D eigenvalue weighted by Crippen LogP contribution is 2.36. The van der Waals surface area contributed by atoms with Gasteiger partial charge in [-0.25, -0.2) is 0 Å². The third kappa shape index (κ3) is 3.80. The van der Waals surface area contributed by atoms with E-state index in [4.69, 9.17) is 0 Å². The van der Waals surface area contributed by atoms with E-state index in [1.54, 1.807) is 0 Å². The van der Waals surface area contributed by atoms with Crippen molar-refractivity contribution in [3.63, 3.8) is 0 Å². The van der Waals surface area contributed by atoms with Gasteiger partial charge in [-0.05, 0) is 24.3 Å². The molecular formula is C18H28INO. The van der Waals surface area contributed by atoms with Crippen LogP contribution in [0, 0.1) is 0 Å². The summed E-state index contributed by atoms with van der Waals surface area (Å²) in [5.41, 5.74) is 1.50. The van der Waals surface area contributed by atoms with Gasteiger partial charge >= 0.3 is 0 Å². The molecule has 2 fully saturated rings. The number of benzene rings is 1. The van der Waals surface area contributed by atoms with Gasteiger partial charge in [-0.3, -0.25) is 0 Å². The van der Waals surface area contributed by atoms with Crippen LogP contribution in [0.15, 0.2) is 30.3 Å². The summed E-state index contributed by atoms with van der Waals surface area (Å²) in [4.78, 5) is 0. The summed E-state index contributed by atoms with van der Waals surface area (Å²) < 4.78 is 1.10. The summed E-state index contributed by atoms with van der Waals surface area (Å²) in [6.07, 6.45) is 7.21. The van der Waals surface area contributed by atoms with Crippen molar-refractivity contribution in [2.75, 3.05) is 20.1 Å². The zero-order valence-electron chi connectivity index (χ0n) is 13.0. The maximum absolute atomic E-state index is 10.4. The van der Waals surface area contributed by atoms with Crippen molar-refractivity contribution in [3.05, 3.63) is 35.9 Å². The molecule has 1 saturated heterocycles. The van der Waals surface area contributed by atoms with Gasteiger partial charge in [0.05, 0.1) is 20.1 Å². The lowest BCUT2D eigenvalue weighted by Crippen LogP contribution is -3.00. The number of hydrogen-bond donors (Lipinski definition) is 1. The fourth-order valence-corrected chi connectivity index (χ4v) is 4.37. The Labute approximate surface area is 146 Å². The standard InChI is InChI=1S/C18H28NO.HI/c1-19(17-9-5-6-10-18(17)20)13-11-16(12-14-19)15-7-3-2-4-8-15;/h2-4,7-8,16-18,20H,5-6,9-14H2,1H3;1H/q+1;/p-1/t16?,17-,18-,19?;/m0./s1. The molecule has 3 heteroatoms. The Morgan fingerprint density at radius 1 is 0.952 bits per heavy atom. The number of aliphatic hydroxyl groups excluding tert-OH is 1. The first-order valence-electron chi connectivity index (χ1n) is 8.26. The predicted octanol–water partition coefficient (Wildman–Crippen LogP) is 0.318. The molecule has 1 aliphatic heterocycles. The SMILES string of the molecule is C[N+]1([C@H]2CCCC[C@@H]2O)CCC(c2ccccc2)CC1.[I-]. The molecule has 2 nitrogen and oxygen atoms in total. The van der Waals surface area contributed by atoms with Gasteiger partial charge in [0.15, 0.2) is 0 Å². The highest BCUT2D eigenvalue weighted by molar-refractivity contribution is 5.19. The van der Waals surface area contributed by atoms with E-state index >= 15 is 0 Å². The summed E-state index contributed by atoms with van der Waals surface area (Å²) >= 11 is 0. The second-order valence-electron chi connectivity index (χ2n) is 7.03. The van der Waals surface area contributed by atoms with Gasteiger partial charge in [-0.2, -0.15) is 0 Å². The first-order valence-corrected chi connectivity index (χ1v) is 8.26. The number of rotatable bonds is 2. The van der Waals surface area contributed by atoms with E-state index in [0.29, 0.717) is 6.04 Å². The summed E-state index contributed by atoms with van der Waals surface area (Å²) in [7, 11) is 2.38. The average Bonchev–Trinajstić information content (AvgIpc) is 2.49. The largest absolute Gasteiger partial charge is 1.00 e. The summed E-state index contributed by atoms with van der Waals surface area (Å²) in [6, 6.07) is 11.4. The predicted molar refractivity (Wildman–Crippen MR) is 82.6 cm³/mol. The van der Waals surface area contributed by atoms with Gasteiger partial charge in [-0.1, -0.05) is 36.8 Å². The highest BCUT2D eigenvalue weighted by atomic mass is 127. The summed E-state index contributed by atoms with van der Waals surface area (Å²) in [6.45, 7) is 2.45. The highest BCUT2D eigenvalue weighted by Gasteiger charge is 2.41. The zero-order valence-corrected chi connectivity index (χ0v) is 15.2. The minimum Gasteiger partial charge on any atom is -1.00 e. The molecule has 118 valence electrons. The minimum atomic E-state index is -0.0676. The maximum atomic E-state index is 10.4. The fraction of sp³-hybridized carbons (Fsp3) is 0.667. The van der Waals surface area contributed by atoms with Gasteiger partial charge in [0.1, 0.15) is 12.1 Å². The van der Waals surface area contributed by atoms with Gasteiger partial charge in [0.25, 0.3) is 0 Å². The first kappa shape index (κ1) is 17.2. The van der Waals surface area contributed by atoms with Crippen molar-refractivity contribution in [2.24, 2.45) is 0 Å². The number of likely N-dealkylation sites (tertiary alicyclic amines) is 1. The summed E-state index contributed by atoms with van der Waals surface area (Å²) in [5, 5.41) is 10.4. The zero-order chi connectivity index (χ0) is 14.0. The lowest BCUT2D eigenvalue weighted by Gasteiger charge is -2.49. The second kappa shape index (κ2) is 7.42. The fourth-order valence-electron chi connectivity index (χ4n) is 4.37. The molecule has 1 heterocycles. The molecule has 1 saturated carbocycles.